The van der Waals surface area contributed by atoms with Crippen molar-refractivity contribution in [1.82, 2.24) is 14.9 Å². The predicted octanol–water partition coefficient (Wildman–Crippen LogP) is 4.75. The molecule has 5 rings (SSSR count). The fourth-order valence-electron chi connectivity index (χ4n) is 4.31. The van der Waals surface area contributed by atoms with Gasteiger partial charge in [0.2, 0.25) is 5.95 Å². The molecule has 0 bridgehead atoms. The Labute approximate surface area is 197 Å². The number of benzene rings is 3. The lowest BCUT2D eigenvalue weighted by molar-refractivity contribution is 0.0654. The van der Waals surface area contributed by atoms with Gasteiger partial charge in [-0.2, -0.15) is 0 Å². The van der Waals surface area contributed by atoms with Crippen LogP contribution >= 0.6 is 0 Å². The van der Waals surface area contributed by atoms with Crippen molar-refractivity contribution in [3.63, 3.8) is 0 Å². The van der Waals surface area contributed by atoms with Gasteiger partial charge in [-0.15, -0.1) is 0 Å². The normalized spacial score (nSPS) is 12.8. The topological polar surface area (TPSA) is 87.2 Å². The molecule has 170 valence electrons. The zero-order valence-corrected chi connectivity index (χ0v) is 19.1. The van der Waals surface area contributed by atoms with Crippen LogP contribution in [0, 0.1) is 6.92 Å². The Bertz CT molecular complexity index is 1380. The van der Waals surface area contributed by atoms with Crippen LogP contribution in [0.2, 0.25) is 0 Å². The number of aryl methyl sites for hydroxylation is 1. The van der Waals surface area contributed by atoms with Crippen LogP contribution in [0.15, 0.2) is 66.9 Å². The van der Waals surface area contributed by atoms with E-state index in [1.54, 1.807) is 37.5 Å². The number of anilines is 2. The largest absolute Gasteiger partial charge is 0.384 e. The standard InChI is InChI=1S/C27H25N5O2/c1-17-8-9-18-15-19(23-10-12-30-27(28-2)31-23)16-24(22(18)14-17)29-11-5-13-32-25(33)20-6-3-4-7-21(20)26(32)34/h3-4,6-10,12,14-16,29H,5,11,13H2,1-2H3,(H,28,30,31). The molecule has 0 aliphatic carbocycles. The van der Waals surface area contributed by atoms with Gasteiger partial charge >= 0.3 is 0 Å². The number of amides is 2. The van der Waals surface area contributed by atoms with Crippen molar-refractivity contribution in [2.75, 3.05) is 30.8 Å². The molecule has 2 heterocycles. The Morgan fingerprint density at radius 2 is 1.71 bits per heavy atom. The van der Waals surface area contributed by atoms with E-state index in [2.05, 4.69) is 57.9 Å². The molecule has 2 amide bonds. The fourth-order valence-corrected chi connectivity index (χ4v) is 4.31. The predicted molar refractivity (Wildman–Crippen MR) is 134 cm³/mol. The van der Waals surface area contributed by atoms with Crippen LogP contribution in [0.3, 0.4) is 0 Å². The second kappa shape index (κ2) is 8.94. The van der Waals surface area contributed by atoms with Crippen molar-refractivity contribution < 1.29 is 9.59 Å². The van der Waals surface area contributed by atoms with Crippen LogP contribution in [0.25, 0.3) is 22.0 Å². The van der Waals surface area contributed by atoms with E-state index in [4.69, 9.17) is 0 Å². The summed E-state index contributed by atoms with van der Waals surface area (Å²) in [6.45, 7) is 3.06. The highest BCUT2D eigenvalue weighted by atomic mass is 16.2. The minimum Gasteiger partial charge on any atom is -0.384 e. The number of rotatable bonds is 7. The van der Waals surface area contributed by atoms with Gasteiger partial charge in [0, 0.05) is 43.0 Å². The van der Waals surface area contributed by atoms with E-state index in [0.717, 1.165) is 27.7 Å². The molecule has 0 fully saturated rings. The molecule has 0 atom stereocenters. The number of imide groups is 1. The molecule has 7 nitrogen and oxygen atoms in total. The van der Waals surface area contributed by atoms with Crippen molar-refractivity contribution in [2.24, 2.45) is 0 Å². The number of carbonyl (C=O) groups is 2. The number of nitrogens with zero attached hydrogens (tertiary/aromatic N) is 3. The number of nitrogens with one attached hydrogen (secondary N) is 2. The van der Waals surface area contributed by atoms with Crippen LogP contribution in [0.4, 0.5) is 11.6 Å². The van der Waals surface area contributed by atoms with Crippen molar-refractivity contribution in [2.45, 2.75) is 13.3 Å². The summed E-state index contributed by atoms with van der Waals surface area (Å²) in [6, 6.07) is 19.5. The Morgan fingerprint density at radius 3 is 2.44 bits per heavy atom. The minimum atomic E-state index is -0.215. The number of aromatic nitrogens is 2. The summed E-state index contributed by atoms with van der Waals surface area (Å²) in [5.74, 6) is 0.137. The maximum Gasteiger partial charge on any atom is 0.261 e. The summed E-state index contributed by atoms with van der Waals surface area (Å²) >= 11 is 0. The molecule has 1 aromatic heterocycles. The van der Waals surface area contributed by atoms with E-state index in [-0.39, 0.29) is 11.8 Å². The van der Waals surface area contributed by atoms with E-state index in [0.29, 0.717) is 36.6 Å². The quantitative estimate of drug-likeness (QED) is 0.312. The molecular formula is C27H25N5O2. The summed E-state index contributed by atoms with van der Waals surface area (Å²) in [4.78, 5) is 35.3. The lowest BCUT2D eigenvalue weighted by Crippen LogP contribution is -2.31. The van der Waals surface area contributed by atoms with Gasteiger partial charge in [0.1, 0.15) is 0 Å². The van der Waals surface area contributed by atoms with Crippen LogP contribution in [-0.2, 0) is 0 Å². The van der Waals surface area contributed by atoms with Crippen LogP contribution < -0.4 is 10.6 Å². The van der Waals surface area contributed by atoms with Crippen LogP contribution in [0.5, 0.6) is 0 Å². The van der Waals surface area contributed by atoms with Crippen molar-refractivity contribution >= 4 is 34.2 Å². The van der Waals surface area contributed by atoms with Gasteiger partial charge in [-0.05, 0) is 55.1 Å². The van der Waals surface area contributed by atoms with E-state index < -0.39 is 0 Å². The van der Waals surface area contributed by atoms with Gasteiger partial charge in [-0.25, -0.2) is 9.97 Å². The third-order valence-electron chi connectivity index (χ3n) is 6.04. The van der Waals surface area contributed by atoms with E-state index in [9.17, 15) is 9.59 Å². The van der Waals surface area contributed by atoms with Gasteiger partial charge in [0.05, 0.1) is 16.8 Å². The molecule has 3 aromatic carbocycles. The summed E-state index contributed by atoms with van der Waals surface area (Å²) < 4.78 is 0. The number of hydrogen-bond acceptors (Lipinski definition) is 6. The Balaban J connectivity index is 1.35. The third-order valence-corrected chi connectivity index (χ3v) is 6.04. The third kappa shape index (κ3) is 3.96. The minimum absolute atomic E-state index is 0.215. The van der Waals surface area contributed by atoms with Crippen molar-refractivity contribution in [3.05, 3.63) is 83.6 Å². The van der Waals surface area contributed by atoms with Crippen molar-refractivity contribution in [1.29, 1.82) is 0 Å². The average molecular weight is 452 g/mol. The SMILES string of the molecule is CNc1nccc(-c2cc(NCCCN3C(=O)c4ccccc4C3=O)c3cc(C)ccc3c2)n1. The monoisotopic (exact) mass is 451 g/mol. The molecule has 7 heteroatoms. The maximum absolute atomic E-state index is 12.6. The lowest BCUT2D eigenvalue weighted by atomic mass is 10.0. The first-order valence-corrected chi connectivity index (χ1v) is 11.3. The van der Waals surface area contributed by atoms with Gasteiger partial charge in [-0.3, -0.25) is 14.5 Å². The fraction of sp³-hybridized carbons (Fsp3) is 0.185. The first-order valence-electron chi connectivity index (χ1n) is 11.3. The lowest BCUT2D eigenvalue weighted by Gasteiger charge is -2.16. The summed E-state index contributed by atoms with van der Waals surface area (Å²) in [6.07, 6.45) is 2.38. The zero-order valence-electron chi connectivity index (χ0n) is 19.1. The van der Waals surface area contributed by atoms with Gasteiger partial charge < -0.3 is 10.6 Å². The smallest absolute Gasteiger partial charge is 0.261 e. The first-order chi connectivity index (χ1) is 16.5. The molecule has 34 heavy (non-hydrogen) atoms. The van der Waals surface area contributed by atoms with Gasteiger partial charge in [0.15, 0.2) is 0 Å². The zero-order chi connectivity index (χ0) is 23.7. The number of fused-ring (bicyclic) bond motifs is 2. The highest BCUT2D eigenvalue weighted by Crippen LogP contribution is 2.31. The summed E-state index contributed by atoms with van der Waals surface area (Å²) in [5, 5.41) is 8.73. The highest BCUT2D eigenvalue weighted by Gasteiger charge is 2.34. The number of hydrogen-bond donors (Lipinski definition) is 2. The Morgan fingerprint density at radius 1 is 0.941 bits per heavy atom. The van der Waals surface area contributed by atoms with Gasteiger partial charge in [-0.1, -0.05) is 29.8 Å². The van der Waals surface area contributed by atoms with Crippen molar-refractivity contribution in [3.8, 4) is 11.3 Å². The molecule has 1 aliphatic heterocycles. The molecule has 1 aliphatic rings. The average Bonchev–Trinajstić information content (AvgIpc) is 3.11. The molecule has 4 aromatic rings. The van der Waals surface area contributed by atoms with E-state index in [1.807, 2.05) is 6.07 Å². The molecule has 0 unspecified atom stereocenters. The molecule has 2 N–H and O–H groups in total. The van der Waals surface area contributed by atoms with Gasteiger partial charge in [0.25, 0.3) is 11.8 Å². The Hall–Kier alpha value is -4.26. The first kappa shape index (κ1) is 21.6. The van der Waals surface area contributed by atoms with E-state index >= 15 is 0 Å². The van der Waals surface area contributed by atoms with Crippen LogP contribution in [-0.4, -0.2) is 46.8 Å². The molecule has 0 radical (unpaired) electrons. The number of carbonyl (C=O) groups excluding carboxylic acids is 2. The van der Waals surface area contributed by atoms with Crippen LogP contribution in [0.1, 0.15) is 32.7 Å². The second-order valence-electron chi connectivity index (χ2n) is 8.35. The molecular weight excluding hydrogens is 426 g/mol. The highest BCUT2D eigenvalue weighted by molar-refractivity contribution is 6.21. The molecule has 0 spiro atoms. The second-order valence-corrected chi connectivity index (χ2v) is 8.35. The molecule has 0 saturated heterocycles. The summed E-state index contributed by atoms with van der Waals surface area (Å²) in [5.41, 5.74) is 4.95. The summed E-state index contributed by atoms with van der Waals surface area (Å²) in [7, 11) is 1.80. The van der Waals surface area contributed by atoms with E-state index in [1.165, 1.54) is 10.5 Å². The maximum atomic E-state index is 12.6. The molecule has 0 saturated carbocycles. The Kier molecular flexibility index (Phi) is 5.67.